The highest BCUT2D eigenvalue weighted by molar-refractivity contribution is 6.03. The molecule has 1 atom stereocenters. The summed E-state index contributed by atoms with van der Waals surface area (Å²) in [5, 5.41) is 2.58. The molecule has 0 aromatic heterocycles. The fourth-order valence-electron chi connectivity index (χ4n) is 1.89. The van der Waals surface area contributed by atoms with Gasteiger partial charge in [0.25, 0.3) is 0 Å². The number of anilines is 1. The average Bonchev–Trinajstić information content (AvgIpc) is 2.37. The predicted octanol–water partition coefficient (Wildman–Crippen LogP) is 0.340. The summed E-state index contributed by atoms with van der Waals surface area (Å²) >= 11 is 0. The molecule has 0 radical (unpaired) electrons. The van der Waals surface area contributed by atoms with Crippen LogP contribution in [-0.2, 0) is 4.79 Å². The lowest BCUT2D eigenvalue weighted by atomic mass is 9.96. The van der Waals surface area contributed by atoms with Gasteiger partial charge in [-0.15, -0.1) is 0 Å². The maximum Gasteiger partial charge on any atom is 0.248 e. The van der Waals surface area contributed by atoms with Gasteiger partial charge in [0.05, 0.1) is 5.54 Å². The Balaban J connectivity index is 3.10. The number of rotatable bonds is 6. The first-order valence-electron chi connectivity index (χ1n) is 6.52. The number of hydrogen-bond acceptors (Lipinski definition) is 4. The molecule has 0 bridgehead atoms. The molecule has 114 valence electrons. The van der Waals surface area contributed by atoms with E-state index in [1.807, 2.05) is 6.92 Å². The van der Waals surface area contributed by atoms with E-state index in [9.17, 15) is 14.4 Å². The predicted molar refractivity (Wildman–Crippen MR) is 79.6 cm³/mol. The zero-order chi connectivity index (χ0) is 16.2. The van der Waals surface area contributed by atoms with Crippen LogP contribution < -0.4 is 22.5 Å². The number of amides is 3. The molecule has 0 saturated heterocycles. The lowest BCUT2D eigenvalue weighted by Crippen LogP contribution is -2.48. The fourth-order valence-corrected chi connectivity index (χ4v) is 1.89. The van der Waals surface area contributed by atoms with E-state index in [4.69, 9.17) is 17.2 Å². The third kappa shape index (κ3) is 4.28. The van der Waals surface area contributed by atoms with Gasteiger partial charge < -0.3 is 22.5 Å². The van der Waals surface area contributed by atoms with Crippen molar-refractivity contribution in [2.75, 3.05) is 5.32 Å². The van der Waals surface area contributed by atoms with Crippen molar-refractivity contribution in [3.8, 4) is 0 Å². The molecule has 7 N–H and O–H groups in total. The van der Waals surface area contributed by atoms with Gasteiger partial charge in [-0.2, -0.15) is 0 Å². The number of primary amides is 2. The Bertz CT molecular complexity index is 549. The molecule has 0 aliphatic heterocycles. The number of carbonyl (C=O) groups excluding carboxylic acids is 3. The van der Waals surface area contributed by atoms with Gasteiger partial charge in [-0.1, -0.05) is 13.3 Å². The lowest BCUT2D eigenvalue weighted by Gasteiger charge is -2.23. The maximum absolute atomic E-state index is 12.1. The molecular formula is C14H20N4O3. The quantitative estimate of drug-likeness (QED) is 0.599. The Labute approximate surface area is 122 Å². The van der Waals surface area contributed by atoms with Gasteiger partial charge in [-0.3, -0.25) is 14.4 Å². The molecule has 1 rings (SSSR count). The minimum Gasteiger partial charge on any atom is -0.366 e. The molecule has 0 aliphatic rings. The molecule has 3 amide bonds. The van der Waals surface area contributed by atoms with Crippen molar-refractivity contribution in [3.63, 3.8) is 0 Å². The highest BCUT2D eigenvalue weighted by Gasteiger charge is 2.27. The SMILES string of the molecule is CCCC(C)(N)C(=O)Nc1cc(C(N)=O)cc(C(N)=O)c1. The van der Waals surface area contributed by atoms with Crippen molar-refractivity contribution in [3.05, 3.63) is 29.3 Å². The highest BCUT2D eigenvalue weighted by atomic mass is 16.2. The van der Waals surface area contributed by atoms with Gasteiger partial charge in [0.1, 0.15) is 0 Å². The van der Waals surface area contributed by atoms with Crippen LogP contribution in [0.4, 0.5) is 5.69 Å². The van der Waals surface area contributed by atoms with Crippen molar-refractivity contribution in [2.45, 2.75) is 32.2 Å². The number of nitrogens with two attached hydrogens (primary N) is 3. The number of carbonyl (C=O) groups is 3. The first-order valence-corrected chi connectivity index (χ1v) is 6.52. The fraction of sp³-hybridized carbons (Fsp3) is 0.357. The Morgan fingerprint density at radius 3 is 1.95 bits per heavy atom. The van der Waals surface area contributed by atoms with Gasteiger partial charge in [-0.25, -0.2) is 0 Å². The number of nitrogens with one attached hydrogen (secondary N) is 1. The lowest BCUT2D eigenvalue weighted by molar-refractivity contribution is -0.120. The van der Waals surface area contributed by atoms with Crippen LogP contribution in [0.25, 0.3) is 0 Å². The van der Waals surface area contributed by atoms with Gasteiger partial charge in [0.15, 0.2) is 0 Å². The van der Waals surface area contributed by atoms with Gasteiger partial charge in [0, 0.05) is 16.8 Å². The molecule has 0 saturated carbocycles. The molecule has 0 fully saturated rings. The summed E-state index contributed by atoms with van der Waals surface area (Å²) in [5.41, 5.74) is 15.6. The van der Waals surface area contributed by atoms with Crippen LogP contribution in [0, 0.1) is 0 Å². The Kier molecular flexibility index (Phi) is 5.04. The minimum atomic E-state index is -1.05. The van der Waals surface area contributed by atoms with Crippen molar-refractivity contribution >= 4 is 23.4 Å². The molecule has 21 heavy (non-hydrogen) atoms. The molecule has 0 heterocycles. The largest absolute Gasteiger partial charge is 0.366 e. The van der Waals surface area contributed by atoms with Crippen LogP contribution in [0.2, 0.25) is 0 Å². The molecule has 1 unspecified atom stereocenters. The minimum absolute atomic E-state index is 0.0795. The second-order valence-electron chi connectivity index (χ2n) is 5.15. The summed E-state index contributed by atoms with van der Waals surface area (Å²) in [5.74, 6) is -1.86. The Morgan fingerprint density at radius 2 is 1.57 bits per heavy atom. The summed E-state index contributed by atoms with van der Waals surface area (Å²) in [4.78, 5) is 34.6. The third-order valence-electron chi connectivity index (χ3n) is 3.05. The van der Waals surface area contributed by atoms with Crippen LogP contribution >= 0.6 is 0 Å². The topological polar surface area (TPSA) is 141 Å². The Hall–Kier alpha value is -2.41. The van der Waals surface area contributed by atoms with Crippen molar-refractivity contribution in [2.24, 2.45) is 17.2 Å². The van der Waals surface area contributed by atoms with Crippen LogP contribution in [0.15, 0.2) is 18.2 Å². The summed E-state index contributed by atoms with van der Waals surface area (Å²) in [6.45, 7) is 3.52. The van der Waals surface area contributed by atoms with E-state index in [1.54, 1.807) is 6.92 Å². The third-order valence-corrected chi connectivity index (χ3v) is 3.05. The van der Waals surface area contributed by atoms with E-state index in [2.05, 4.69) is 5.32 Å². The van der Waals surface area contributed by atoms with E-state index in [0.717, 1.165) is 6.42 Å². The molecule has 0 spiro atoms. The first kappa shape index (κ1) is 16.6. The van der Waals surface area contributed by atoms with Crippen LogP contribution in [0.1, 0.15) is 47.4 Å². The smallest absolute Gasteiger partial charge is 0.248 e. The number of benzene rings is 1. The zero-order valence-corrected chi connectivity index (χ0v) is 12.1. The van der Waals surface area contributed by atoms with Crippen LogP contribution in [-0.4, -0.2) is 23.3 Å². The summed E-state index contributed by atoms with van der Waals surface area (Å²) < 4.78 is 0. The molecule has 7 nitrogen and oxygen atoms in total. The summed E-state index contributed by atoms with van der Waals surface area (Å²) in [6.07, 6.45) is 1.24. The van der Waals surface area contributed by atoms with E-state index >= 15 is 0 Å². The van der Waals surface area contributed by atoms with Crippen molar-refractivity contribution in [1.29, 1.82) is 0 Å². The van der Waals surface area contributed by atoms with E-state index in [1.165, 1.54) is 18.2 Å². The molecule has 1 aromatic carbocycles. The van der Waals surface area contributed by atoms with Crippen molar-refractivity contribution < 1.29 is 14.4 Å². The van der Waals surface area contributed by atoms with Crippen LogP contribution in [0.3, 0.4) is 0 Å². The molecular weight excluding hydrogens is 272 g/mol. The molecule has 0 aliphatic carbocycles. The second-order valence-corrected chi connectivity index (χ2v) is 5.15. The average molecular weight is 292 g/mol. The van der Waals surface area contributed by atoms with Gasteiger partial charge >= 0.3 is 0 Å². The zero-order valence-electron chi connectivity index (χ0n) is 12.1. The van der Waals surface area contributed by atoms with Gasteiger partial charge in [-0.05, 0) is 31.5 Å². The molecule has 1 aromatic rings. The highest BCUT2D eigenvalue weighted by Crippen LogP contribution is 2.18. The summed E-state index contributed by atoms with van der Waals surface area (Å²) in [7, 11) is 0. The van der Waals surface area contributed by atoms with Crippen molar-refractivity contribution in [1.82, 2.24) is 0 Å². The number of hydrogen-bond donors (Lipinski definition) is 4. The first-order chi connectivity index (χ1) is 9.67. The standard InChI is InChI=1S/C14H20N4O3/c1-3-4-14(2,17)13(21)18-10-6-8(11(15)19)5-9(7-10)12(16)20/h5-7H,3-4,17H2,1-2H3,(H2,15,19)(H2,16,20)(H,18,21). The maximum atomic E-state index is 12.1. The monoisotopic (exact) mass is 292 g/mol. The van der Waals surface area contributed by atoms with E-state index < -0.39 is 23.3 Å². The second kappa shape index (κ2) is 6.36. The van der Waals surface area contributed by atoms with Crippen LogP contribution in [0.5, 0.6) is 0 Å². The van der Waals surface area contributed by atoms with E-state index in [-0.39, 0.29) is 16.8 Å². The van der Waals surface area contributed by atoms with Gasteiger partial charge in [0.2, 0.25) is 17.7 Å². The molecule has 7 heteroatoms. The summed E-state index contributed by atoms with van der Waals surface area (Å²) in [6, 6.07) is 4.01. The normalized spacial score (nSPS) is 13.3. The Morgan fingerprint density at radius 1 is 1.10 bits per heavy atom. The van der Waals surface area contributed by atoms with E-state index in [0.29, 0.717) is 6.42 Å².